The van der Waals surface area contributed by atoms with Crippen LogP contribution in [0, 0.1) is 11.3 Å². The first-order chi connectivity index (χ1) is 16.4. The molecule has 1 aliphatic heterocycles. The number of pyridine rings is 1. The highest BCUT2D eigenvalue weighted by atomic mass is 16.3. The summed E-state index contributed by atoms with van der Waals surface area (Å²) in [5, 5.41) is 9.10. The predicted octanol–water partition coefficient (Wildman–Crippen LogP) is 2.31. The minimum Gasteiger partial charge on any atom is -0.387 e. The fraction of sp³-hybridized carbons (Fsp3) is 0.593. The van der Waals surface area contributed by atoms with Crippen LogP contribution in [0.4, 0.5) is 0 Å². The molecule has 2 unspecified atom stereocenters. The minimum atomic E-state index is -0.424. The van der Waals surface area contributed by atoms with E-state index < -0.39 is 6.61 Å². The summed E-state index contributed by atoms with van der Waals surface area (Å²) < 4.78 is 3.50. The van der Waals surface area contributed by atoms with E-state index >= 15 is 0 Å². The minimum absolute atomic E-state index is 0.0139. The number of aliphatic hydroxyl groups is 1. The van der Waals surface area contributed by atoms with Gasteiger partial charge in [-0.1, -0.05) is 45.9 Å². The molecule has 2 aromatic heterocycles. The summed E-state index contributed by atoms with van der Waals surface area (Å²) in [6.45, 7) is 14.7. The van der Waals surface area contributed by atoms with Gasteiger partial charge in [-0.3, -0.25) is 18.8 Å². The summed E-state index contributed by atoms with van der Waals surface area (Å²) in [6.07, 6.45) is 6.77. The van der Waals surface area contributed by atoms with Gasteiger partial charge in [0.05, 0.1) is 11.2 Å². The van der Waals surface area contributed by atoms with Crippen molar-refractivity contribution in [3.05, 3.63) is 52.1 Å². The third kappa shape index (κ3) is 5.00. The fourth-order valence-electron chi connectivity index (χ4n) is 5.15. The van der Waals surface area contributed by atoms with E-state index in [2.05, 4.69) is 63.8 Å². The molecule has 4 rings (SSSR count). The largest absolute Gasteiger partial charge is 0.387 e. The summed E-state index contributed by atoms with van der Waals surface area (Å²) in [7, 11) is 1.80. The van der Waals surface area contributed by atoms with E-state index in [0.717, 1.165) is 36.5 Å². The van der Waals surface area contributed by atoms with Crippen molar-refractivity contribution in [1.82, 2.24) is 23.9 Å². The second-order valence-corrected chi connectivity index (χ2v) is 11.5. The number of piperazine rings is 1. The zero-order chi connectivity index (χ0) is 25.5. The van der Waals surface area contributed by atoms with Gasteiger partial charge >= 0.3 is 5.69 Å². The molecule has 0 spiro atoms. The van der Waals surface area contributed by atoms with Gasteiger partial charge in [0.25, 0.3) is 0 Å². The number of rotatable bonds is 5. The first kappa shape index (κ1) is 25.4. The molecule has 2 atom stereocenters. The molecule has 2 aliphatic rings. The van der Waals surface area contributed by atoms with Gasteiger partial charge in [-0.05, 0) is 36.0 Å². The van der Waals surface area contributed by atoms with Crippen LogP contribution < -0.4 is 5.69 Å². The van der Waals surface area contributed by atoms with Crippen LogP contribution in [-0.4, -0.2) is 74.3 Å². The van der Waals surface area contributed by atoms with Crippen LogP contribution in [0.3, 0.4) is 0 Å². The summed E-state index contributed by atoms with van der Waals surface area (Å²) in [6, 6.07) is 4.12. The molecule has 0 radical (unpaired) electrons. The van der Waals surface area contributed by atoms with Crippen molar-refractivity contribution in [2.75, 3.05) is 39.3 Å². The third-order valence-electron chi connectivity index (χ3n) is 7.46. The molecule has 1 aliphatic carbocycles. The van der Waals surface area contributed by atoms with E-state index in [1.165, 1.54) is 5.57 Å². The standard InChI is InChI=1S/C27H39N5O3/c1-19-7-8-20(16-30-11-13-31(14-12-30)23(34)17-33)15-27(19,5)22-10-9-21-24(28-22)29(6)25(35)32(21)18-26(2,3)4/h7-10,15,19,33H,11-14,16-18H2,1-6H3. The number of aliphatic hydroxyl groups excluding tert-OH is 1. The van der Waals surface area contributed by atoms with Crippen molar-refractivity contribution in [3.63, 3.8) is 0 Å². The lowest BCUT2D eigenvalue weighted by Crippen LogP contribution is -2.50. The maximum Gasteiger partial charge on any atom is 0.330 e. The number of carbonyl (C=O) groups excluding carboxylic acids is 1. The van der Waals surface area contributed by atoms with E-state index in [-0.39, 0.29) is 28.3 Å². The summed E-state index contributed by atoms with van der Waals surface area (Å²) in [5.41, 5.74) is 3.44. The molecule has 2 aromatic rings. The molecule has 3 heterocycles. The smallest absolute Gasteiger partial charge is 0.330 e. The number of imidazole rings is 1. The van der Waals surface area contributed by atoms with Gasteiger partial charge in [-0.25, -0.2) is 9.78 Å². The van der Waals surface area contributed by atoms with Crippen molar-refractivity contribution in [2.45, 2.75) is 46.6 Å². The highest BCUT2D eigenvalue weighted by Crippen LogP contribution is 2.38. The Morgan fingerprint density at radius 2 is 1.89 bits per heavy atom. The average molecular weight is 482 g/mol. The van der Waals surface area contributed by atoms with Crippen LogP contribution >= 0.6 is 0 Å². The number of hydrogen-bond acceptors (Lipinski definition) is 5. The average Bonchev–Trinajstić information content (AvgIpc) is 3.04. The number of carbonyl (C=O) groups is 1. The SMILES string of the molecule is CC1C=CC(CN2CCN(C(=O)CO)CC2)=CC1(C)c1ccc2c(n1)n(C)c(=O)n2CC(C)(C)C. The number of hydrogen-bond donors (Lipinski definition) is 1. The summed E-state index contributed by atoms with van der Waals surface area (Å²) in [4.78, 5) is 33.8. The molecular weight excluding hydrogens is 442 g/mol. The summed E-state index contributed by atoms with van der Waals surface area (Å²) in [5.74, 6) is 0.0546. The predicted molar refractivity (Wildman–Crippen MR) is 138 cm³/mol. The zero-order valence-electron chi connectivity index (χ0n) is 21.9. The lowest BCUT2D eigenvalue weighted by molar-refractivity contribution is -0.135. The first-order valence-corrected chi connectivity index (χ1v) is 12.5. The Bertz CT molecular complexity index is 1220. The number of nitrogens with zero attached hydrogens (tertiary/aromatic N) is 5. The molecule has 1 N–H and O–H groups in total. The van der Waals surface area contributed by atoms with Gasteiger partial charge in [0.1, 0.15) is 6.61 Å². The van der Waals surface area contributed by atoms with Crippen molar-refractivity contribution in [3.8, 4) is 0 Å². The Balaban J connectivity index is 1.60. The quantitative estimate of drug-likeness (QED) is 0.709. The second-order valence-electron chi connectivity index (χ2n) is 11.5. The Morgan fingerprint density at radius 3 is 2.51 bits per heavy atom. The lowest BCUT2D eigenvalue weighted by atomic mass is 9.71. The van der Waals surface area contributed by atoms with E-state index in [1.807, 2.05) is 10.6 Å². The lowest BCUT2D eigenvalue weighted by Gasteiger charge is -2.37. The van der Waals surface area contributed by atoms with Gasteiger partial charge in [-0.15, -0.1) is 0 Å². The maximum absolute atomic E-state index is 13.0. The number of allylic oxidation sites excluding steroid dienone is 2. The van der Waals surface area contributed by atoms with E-state index in [9.17, 15) is 9.59 Å². The Morgan fingerprint density at radius 1 is 1.20 bits per heavy atom. The van der Waals surface area contributed by atoms with Crippen molar-refractivity contribution in [1.29, 1.82) is 0 Å². The van der Waals surface area contributed by atoms with Gasteiger partial charge in [-0.2, -0.15) is 0 Å². The van der Waals surface area contributed by atoms with Crippen molar-refractivity contribution >= 4 is 17.1 Å². The molecule has 1 amide bonds. The third-order valence-corrected chi connectivity index (χ3v) is 7.46. The van der Waals surface area contributed by atoms with Crippen molar-refractivity contribution < 1.29 is 9.90 Å². The second kappa shape index (κ2) is 9.39. The highest BCUT2D eigenvalue weighted by Gasteiger charge is 2.35. The van der Waals surface area contributed by atoms with Crippen LogP contribution in [0.25, 0.3) is 11.2 Å². The van der Waals surface area contributed by atoms with Gasteiger partial charge in [0, 0.05) is 51.7 Å². The normalized spacial score (nSPS) is 23.7. The molecule has 1 saturated heterocycles. The first-order valence-electron chi connectivity index (χ1n) is 12.5. The Kier molecular flexibility index (Phi) is 6.81. The Hall–Kier alpha value is -2.71. The fourth-order valence-corrected chi connectivity index (χ4v) is 5.15. The zero-order valence-corrected chi connectivity index (χ0v) is 21.9. The molecule has 1 fully saturated rings. The van der Waals surface area contributed by atoms with E-state index in [1.54, 1.807) is 16.5 Å². The van der Waals surface area contributed by atoms with Crippen LogP contribution in [0.1, 0.15) is 40.3 Å². The maximum atomic E-state index is 13.0. The molecule has 8 heteroatoms. The molecule has 35 heavy (non-hydrogen) atoms. The van der Waals surface area contributed by atoms with Gasteiger partial charge < -0.3 is 10.0 Å². The van der Waals surface area contributed by atoms with Crippen LogP contribution in [-0.2, 0) is 23.8 Å². The van der Waals surface area contributed by atoms with E-state index in [0.29, 0.717) is 19.6 Å². The summed E-state index contributed by atoms with van der Waals surface area (Å²) >= 11 is 0. The van der Waals surface area contributed by atoms with Gasteiger partial charge in [0.2, 0.25) is 5.91 Å². The van der Waals surface area contributed by atoms with Crippen molar-refractivity contribution in [2.24, 2.45) is 18.4 Å². The molecular formula is C27H39N5O3. The van der Waals surface area contributed by atoms with E-state index in [4.69, 9.17) is 10.1 Å². The highest BCUT2D eigenvalue weighted by molar-refractivity contribution is 5.77. The number of aromatic nitrogens is 3. The van der Waals surface area contributed by atoms with Crippen LogP contribution in [0.5, 0.6) is 0 Å². The van der Waals surface area contributed by atoms with Gasteiger partial charge in [0.15, 0.2) is 5.65 Å². The monoisotopic (exact) mass is 481 g/mol. The number of aryl methyl sites for hydroxylation is 1. The number of fused-ring (bicyclic) bond motifs is 1. The number of amides is 1. The Labute approximate surface area is 207 Å². The topological polar surface area (TPSA) is 83.6 Å². The molecule has 190 valence electrons. The molecule has 8 nitrogen and oxygen atoms in total. The molecule has 0 saturated carbocycles. The molecule has 0 bridgehead atoms. The van der Waals surface area contributed by atoms with Crippen LogP contribution in [0.15, 0.2) is 40.7 Å². The molecule has 0 aromatic carbocycles. The van der Waals surface area contributed by atoms with Crippen LogP contribution in [0.2, 0.25) is 0 Å².